The number of rotatable bonds is 12. The van der Waals surface area contributed by atoms with Gasteiger partial charge < -0.3 is 26.2 Å². The van der Waals surface area contributed by atoms with E-state index >= 15 is 0 Å². The molecule has 272 valence electrons. The summed E-state index contributed by atoms with van der Waals surface area (Å²) in [6.45, 7) is 17.8. The number of ketones is 1. The molecule has 2 aliphatic carbocycles. The van der Waals surface area contributed by atoms with Gasteiger partial charge in [-0.05, 0) is 53.8 Å². The predicted molar refractivity (Wildman–Crippen MR) is 182 cm³/mol. The van der Waals surface area contributed by atoms with Crippen LogP contribution in [-0.2, 0) is 29.2 Å². The van der Waals surface area contributed by atoms with E-state index < -0.39 is 79.8 Å². The number of unbranched alkanes of at least 4 members (excludes halogenated alkanes) is 1. The summed E-state index contributed by atoms with van der Waals surface area (Å²) in [6.07, 6.45) is 3.75. The van der Waals surface area contributed by atoms with Crippen molar-refractivity contribution < 1.29 is 32.4 Å². The Morgan fingerprint density at radius 1 is 0.917 bits per heavy atom. The highest BCUT2D eigenvalue weighted by atomic mass is 32.2. The molecule has 7 atom stereocenters. The minimum atomic E-state index is -3.62. The summed E-state index contributed by atoms with van der Waals surface area (Å²) >= 11 is 0. The Morgan fingerprint density at radius 3 is 2.04 bits per heavy atom. The molecule has 0 aromatic heterocycles. The lowest BCUT2D eigenvalue weighted by atomic mass is 9.83. The van der Waals surface area contributed by atoms with Crippen molar-refractivity contribution >= 4 is 39.6 Å². The van der Waals surface area contributed by atoms with E-state index in [0.29, 0.717) is 32.4 Å². The molecule has 2 saturated carbocycles. The van der Waals surface area contributed by atoms with Gasteiger partial charge in [0.15, 0.2) is 0 Å². The molecule has 0 radical (unpaired) electrons. The fraction of sp³-hybridized carbons (Fsp3) is 0.853. The SMILES string of the molecule is CCCC[C@H](NC(=O)[C@@H]1[C@@H]2[C@H](CN1C(=O)[C@@H](NC(=O)N[C@H]([C@H]1CCN(C)S1(=O)=O)C(C)(C)C)C(C)(C)C)C2(C)C)C(=O)C(=O)NC1CC1. The monoisotopic (exact) mass is 694 g/mol. The van der Waals surface area contributed by atoms with Crippen LogP contribution in [0.4, 0.5) is 4.79 Å². The first kappa shape index (κ1) is 38.1. The number of likely N-dealkylation sites (tertiary alicyclic amines) is 1. The first-order valence-electron chi connectivity index (χ1n) is 17.5. The third-order valence-corrected chi connectivity index (χ3v) is 13.2. The molecule has 0 bridgehead atoms. The van der Waals surface area contributed by atoms with Gasteiger partial charge in [0.1, 0.15) is 12.1 Å². The quantitative estimate of drug-likeness (QED) is 0.227. The molecule has 4 N–H and O–H groups in total. The van der Waals surface area contributed by atoms with E-state index in [9.17, 15) is 32.4 Å². The Bertz CT molecular complexity index is 1400. The van der Waals surface area contributed by atoms with E-state index in [2.05, 4.69) is 35.1 Å². The minimum Gasteiger partial charge on any atom is -0.347 e. The Kier molecular flexibility index (Phi) is 10.7. The van der Waals surface area contributed by atoms with Crippen LogP contribution in [0.15, 0.2) is 0 Å². The van der Waals surface area contributed by atoms with Crippen LogP contribution in [0.2, 0.25) is 0 Å². The van der Waals surface area contributed by atoms with Gasteiger partial charge in [-0.2, -0.15) is 0 Å². The maximum atomic E-state index is 14.4. The lowest BCUT2D eigenvalue weighted by Gasteiger charge is -2.39. The van der Waals surface area contributed by atoms with Crippen LogP contribution in [0, 0.1) is 28.1 Å². The van der Waals surface area contributed by atoms with Crippen LogP contribution >= 0.6 is 0 Å². The van der Waals surface area contributed by atoms with Gasteiger partial charge in [0.05, 0.1) is 17.3 Å². The molecule has 4 fully saturated rings. The van der Waals surface area contributed by atoms with Gasteiger partial charge in [-0.15, -0.1) is 0 Å². The fourth-order valence-electron chi connectivity index (χ4n) is 7.54. The molecule has 2 saturated heterocycles. The number of sulfonamides is 1. The van der Waals surface area contributed by atoms with Gasteiger partial charge in [-0.3, -0.25) is 19.2 Å². The number of Topliss-reactive ketones (excluding diaryl/α,β-unsaturated/α-hetero) is 1. The van der Waals surface area contributed by atoms with Gasteiger partial charge in [0.25, 0.3) is 5.91 Å². The van der Waals surface area contributed by atoms with Gasteiger partial charge in [0.2, 0.25) is 27.6 Å². The largest absolute Gasteiger partial charge is 0.347 e. The smallest absolute Gasteiger partial charge is 0.315 e. The highest BCUT2D eigenvalue weighted by Gasteiger charge is 2.70. The van der Waals surface area contributed by atoms with E-state index in [1.807, 2.05) is 48.5 Å². The summed E-state index contributed by atoms with van der Waals surface area (Å²) in [5.74, 6) is -2.37. The summed E-state index contributed by atoms with van der Waals surface area (Å²) in [6, 6.07) is -4.31. The molecular weight excluding hydrogens is 636 g/mol. The van der Waals surface area contributed by atoms with Crippen LogP contribution < -0.4 is 21.3 Å². The third kappa shape index (κ3) is 7.84. The number of carbonyl (C=O) groups is 5. The van der Waals surface area contributed by atoms with E-state index in [1.165, 1.54) is 16.3 Å². The molecule has 5 amide bonds. The third-order valence-electron chi connectivity index (χ3n) is 10.9. The highest BCUT2D eigenvalue weighted by molar-refractivity contribution is 7.90. The molecule has 48 heavy (non-hydrogen) atoms. The topological polar surface area (TPSA) is 174 Å². The van der Waals surface area contributed by atoms with Crippen molar-refractivity contribution in [2.45, 2.75) is 136 Å². The number of piperidine rings is 1. The standard InChI is InChI=1S/C34H58N6O7S/c1-11-12-13-21(25(41)29(43)35-19-14-15-19)36-28(42)24-23-20(34(23,8)9)18-40(24)30(44)27(33(5,6)7)38-31(45)37-26(32(2,3)4)22-16-17-39(10)48(22,46)47/h19-24,26-27H,11-18H2,1-10H3,(H,35,43)(H,36,42)(H2,37,38,45)/t20-,21-,22+,23-,24-,26+,27+/m0/s1. The zero-order valence-corrected chi connectivity index (χ0v) is 31.3. The summed E-state index contributed by atoms with van der Waals surface area (Å²) in [7, 11) is -2.09. The number of hydrogen-bond acceptors (Lipinski definition) is 7. The van der Waals surface area contributed by atoms with Gasteiger partial charge in [-0.1, -0.05) is 75.2 Å². The van der Waals surface area contributed by atoms with Crippen LogP contribution in [0.3, 0.4) is 0 Å². The van der Waals surface area contributed by atoms with Crippen molar-refractivity contribution in [2.24, 2.45) is 28.1 Å². The Labute approximate surface area is 286 Å². The minimum absolute atomic E-state index is 0.00144. The van der Waals surface area contributed by atoms with Crippen molar-refractivity contribution in [1.29, 1.82) is 0 Å². The highest BCUT2D eigenvalue weighted by Crippen LogP contribution is 2.65. The molecular formula is C34H58N6O7S. The zero-order valence-electron chi connectivity index (χ0n) is 30.4. The number of urea groups is 1. The molecule has 13 nitrogen and oxygen atoms in total. The van der Waals surface area contributed by atoms with Crippen molar-refractivity contribution in [2.75, 3.05) is 20.1 Å². The molecule has 4 rings (SSSR count). The summed E-state index contributed by atoms with van der Waals surface area (Å²) in [5, 5.41) is 10.5. The van der Waals surface area contributed by atoms with Crippen LogP contribution in [0.5, 0.6) is 0 Å². The zero-order chi connectivity index (χ0) is 36.1. The summed E-state index contributed by atoms with van der Waals surface area (Å²) in [4.78, 5) is 69.4. The summed E-state index contributed by atoms with van der Waals surface area (Å²) < 4.78 is 27.5. The van der Waals surface area contributed by atoms with Crippen molar-refractivity contribution in [3.63, 3.8) is 0 Å². The van der Waals surface area contributed by atoms with Crippen molar-refractivity contribution in [3.05, 3.63) is 0 Å². The fourth-order valence-corrected chi connectivity index (χ4v) is 9.59. The first-order valence-corrected chi connectivity index (χ1v) is 19.0. The summed E-state index contributed by atoms with van der Waals surface area (Å²) in [5.41, 5.74) is -1.57. The second-order valence-electron chi connectivity index (χ2n) is 17.2. The van der Waals surface area contributed by atoms with Crippen molar-refractivity contribution in [3.8, 4) is 0 Å². The van der Waals surface area contributed by atoms with Gasteiger partial charge in [-0.25, -0.2) is 17.5 Å². The maximum absolute atomic E-state index is 14.4. The number of nitrogens with zero attached hydrogens (tertiary/aromatic N) is 2. The second-order valence-corrected chi connectivity index (χ2v) is 19.4. The van der Waals surface area contributed by atoms with Gasteiger partial charge >= 0.3 is 6.03 Å². The number of nitrogens with one attached hydrogen (secondary N) is 4. The molecule has 2 aliphatic heterocycles. The normalized spacial score (nSPS) is 28.1. The molecule has 0 aromatic rings. The van der Waals surface area contributed by atoms with E-state index in [1.54, 1.807) is 0 Å². The van der Waals surface area contributed by atoms with Crippen LogP contribution in [0.25, 0.3) is 0 Å². The van der Waals surface area contributed by atoms with Crippen LogP contribution in [0.1, 0.15) is 101 Å². The molecule has 0 spiro atoms. The molecule has 14 heteroatoms. The Hall–Kier alpha value is -2.74. The van der Waals surface area contributed by atoms with E-state index in [0.717, 1.165) is 19.3 Å². The molecule has 4 aliphatic rings. The lowest BCUT2D eigenvalue weighted by Crippen LogP contribution is -2.63. The first-order chi connectivity index (χ1) is 22.0. The maximum Gasteiger partial charge on any atom is 0.315 e. The molecule has 0 unspecified atom stereocenters. The average Bonchev–Trinajstić information content (AvgIpc) is 3.78. The average molecular weight is 695 g/mol. The van der Waals surface area contributed by atoms with Gasteiger partial charge in [0, 0.05) is 26.2 Å². The Balaban J connectivity index is 1.54. The molecule has 0 aromatic carbocycles. The van der Waals surface area contributed by atoms with Crippen molar-refractivity contribution in [1.82, 2.24) is 30.5 Å². The second kappa shape index (κ2) is 13.5. The van der Waals surface area contributed by atoms with Crippen LogP contribution in [-0.4, -0.2) is 103 Å². The molecule has 2 heterocycles. The number of fused-ring (bicyclic) bond motifs is 1. The predicted octanol–water partition coefficient (Wildman–Crippen LogP) is 2.15. The Morgan fingerprint density at radius 2 is 1.54 bits per heavy atom. The van der Waals surface area contributed by atoms with E-state index in [-0.39, 0.29) is 23.3 Å². The number of carbonyl (C=O) groups excluding carboxylic acids is 5. The van der Waals surface area contributed by atoms with E-state index in [4.69, 9.17) is 0 Å². The number of hydrogen-bond donors (Lipinski definition) is 4. The lowest BCUT2D eigenvalue weighted by molar-refractivity contribution is -0.145. The number of amides is 5.